The molecular formula is C15H21FN2O2. The van der Waals surface area contributed by atoms with Crippen molar-refractivity contribution >= 4 is 5.91 Å². The van der Waals surface area contributed by atoms with Gasteiger partial charge in [-0.2, -0.15) is 0 Å². The fourth-order valence-corrected chi connectivity index (χ4v) is 2.72. The summed E-state index contributed by atoms with van der Waals surface area (Å²) in [6, 6.07) is 6.39. The maximum absolute atomic E-state index is 13.4. The molecule has 1 saturated heterocycles. The van der Waals surface area contributed by atoms with Crippen LogP contribution >= 0.6 is 0 Å². The Labute approximate surface area is 118 Å². The van der Waals surface area contributed by atoms with Gasteiger partial charge in [0.2, 0.25) is 5.91 Å². The Morgan fingerprint density at radius 2 is 2.35 bits per heavy atom. The normalized spacial score (nSPS) is 20.4. The van der Waals surface area contributed by atoms with Crippen LogP contribution in [-0.2, 0) is 9.53 Å². The summed E-state index contributed by atoms with van der Waals surface area (Å²) in [6.07, 6.45) is 1.56. The third kappa shape index (κ3) is 3.16. The first kappa shape index (κ1) is 14.9. The summed E-state index contributed by atoms with van der Waals surface area (Å²) in [5.41, 5.74) is 0.771. The van der Waals surface area contributed by atoms with Crippen molar-refractivity contribution in [2.75, 3.05) is 20.3 Å². The van der Waals surface area contributed by atoms with E-state index in [1.807, 2.05) is 6.07 Å². The number of rotatable bonds is 6. The van der Waals surface area contributed by atoms with E-state index in [4.69, 9.17) is 4.74 Å². The lowest BCUT2D eigenvalue weighted by Crippen LogP contribution is -2.42. The fourth-order valence-electron chi connectivity index (χ4n) is 2.72. The molecule has 2 rings (SSSR count). The van der Waals surface area contributed by atoms with Gasteiger partial charge in [0.15, 0.2) is 0 Å². The first-order valence-corrected chi connectivity index (χ1v) is 6.96. The van der Waals surface area contributed by atoms with Crippen LogP contribution in [0.2, 0.25) is 0 Å². The first-order valence-electron chi connectivity index (χ1n) is 6.96. The van der Waals surface area contributed by atoms with Crippen LogP contribution in [0.3, 0.4) is 0 Å². The van der Waals surface area contributed by atoms with Crippen molar-refractivity contribution in [3.05, 3.63) is 35.6 Å². The van der Waals surface area contributed by atoms with Gasteiger partial charge in [-0.3, -0.25) is 10.1 Å². The fraction of sp³-hybridized carbons (Fsp3) is 0.533. The molecule has 1 fully saturated rings. The van der Waals surface area contributed by atoms with Gasteiger partial charge in [-0.05, 0) is 24.1 Å². The molecule has 4 nitrogen and oxygen atoms in total. The van der Waals surface area contributed by atoms with Crippen molar-refractivity contribution in [3.8, 4) is 0 Å². The van der Waals surface area contributed by atoms with Crippen LogP contribution in [0.4, 0.5) is 4.39 Å². The quantitative estimate of drug-likeness (QED) is 0.867. The largest absolute Gasteiger partial charge is 0.383 e. The van der Waals surface area contributed by atoms with Gasteiger partial charge < -0.3 is 9.64 Å². The molecule has 20 heavy (non-hydrogen) atoms. The molecule has 1 aromatic rings. The van der Waals surface area contributed by atoms with Crippen LogP contribution < -0.4 is 5.32 Å². The Morgan fingerprint density at radius 3 is 3.00 bits per heavy atom. The highest BCUT2D eigenvalue weighted by atomic mass is 19.1. The van der Waals surface area contributed by atoms with E-state index in [1.54, 1.807) is 18.1 Å². The van der Waals surface area contributed by atoms with E-state index in [0.29, 0.717) is 6.61 Å². The molecule has 1 N–H and O–H groups in total. The Bertz CT molecular complexity index is 461. The maximum atomic E-state index is 13.4. The van der Waals surface area contributed by atoms with E-state index < -0.39 is 0 Å². The van der Waals surface area contributed by atoms with Gasteiger partial charge in [0.1, 0.15) is 12.0 Å². The highest BCUT2D eigenvalue weighted by Crippen LogP contribution is 2.27. The van der Waals surface area contributed by atoms with Gasteiger partial charge in [-0.15, -0.1) is 0 Å². The lowest BCUT2D eigenvalue weighted by atomic mass is 10.1. The van der Waals surface area contributed by atoms with Crippen molar-refractivity contribution in [3.63, 3.8) is 0 Å². The van der Waals surface area contributed by atoms with Gasteiger partial charge in [0, 0.05) is 7.11 Å². The zero-order chi connectivity index (χ0) is 14.5. The van der Waals surface area contributed by atoms with Crippen LogP contribution in [0.5, 0.6) is 0 Å². The number of nitrogens with one attached hydrogen (secondary N) is 1. The lowest BCUT2D eigenvalue weighted by Gasteiger charge is -2.32. The van der Waals surface area contributed by atoms with E-state index in [-0.39, 0.29) is 30.5 Å². The minimum atomic E-state index is -0.289. The molecule has 110 valence electrons. The van der Waals surface area contributed by atoms with E-state index in [9.17, 15) is 9.18 Å². The molecule has 5 heteroatoms. The molecule has 0 spiro atoms. The summed E-state index contributed by atoms with van der Waals surface area (Å²) < 4.78 is 18.6. The molecule has 1 heterocycles. The summed E-state index contributed by atoms with van der Waals surface area (Å²) in [6.45, 7) is 2.85. The topological polar surface area (TPSA) is 41.6 Å². The molecule has 0 bridgehead atoms. The number of hydrogen-bond acceptors (Lipinski definition) is 3. The average molecular weight is 280 g/mol. The maximum Gasteiger partial charge on any atom is 0.238 e. The summed E-state index contributed by atoms with van der Waals surface area (Å²) in [4.78, 5) is 13.9. The average Bonchev–Trinajstić information content (AvgIpc) is 2.80. The number of benzene rings is 1. The number of carbonyl (C=O) groups is 1. The number of halogens is 1. The van der Waals surface area contributed by atoms with Crippen molar-refractivity contribution in [1.29, 1.82) is 0 Å². The van der Waals surface area contributed by atoms with Crippen LogP contribution in [0.25, 0.3) is 0 Å². The molecule has 1 aromatic carbocycles. The summed E-state index contributed by atoms with van der Waals surface area (Å²) in [5, 5.41) is 3.15. The Hall–Kier alpha value is -1.46. The SMILES string of the molecule is CCCC(COC)N1C(=O)CNC1c1cccc(F)c1. The van der Waals surface area contributed by atoms with Crippen LogP contribution in [-0.4, -0.2) is 37.1 Å². The smallest absolute Gasteiger partial charge is 0.238 e. The number of methoxy groups -OCH3 is 1. The monoisotopic (exact) mass is 280 g/mol. The second-order valence-corrected chi connectivity index (χ2v) is 5.04. The Balaban J connectivity index is 2.25. The number of ether oxygens (including phenoxy) is 1. The molecule has 2 atom stereocenters. The van der Waals surface area contributed by atoms with E-state index in [1.165, 1.54) is 12.1 Å². The molecule has 1 amide bonds. The molecule has 0 radical (unpaired) electrons. The van der Waals surface area contributed by atoms with Crippen molar-refractivity contribution in [2.24, 2.45) is 0 Å². The molecule has 1 aliphatic rings. The van der Waals surface area contributed by atoms with Crippen molar-refractivity contribution in [1.82, 2.24) is 10.2 Å². The summed E-state index contributed by atoms with van der Waals surface area (Å²) in [7, 11) is 1.63. The van der Waals surface area contributed by atoms with Gasteiger partial charge in [-0.1, -0.05) is 25.5 Å². The summed E-state index contributed by atoms with van der Waals surface area (Å²) >= 11 is 0. The molecule has 2 unspecified atom stereocenters. The second-order valence-electron chi connectivity index (χ2n) is 5.04. The molecule has 1 aliphatic heterocycles. The number of carbonyl (C=O) groups excluding carboxylic acids is 1. The van der Waals surface area contributed by atoms with Gasteiger partial charge in [0.05, 0.1) is 19.2 Å². The number of amides is 1. The predicted octanol–water partition coefficient (Wildman–Crippen LogP) is 2.07. The molecule has 0 saturated carbocycles. The van der Waals surface area contributed by atoms with Crippen molar-refractivity contribution in [2.45, 2.75) is 32.0 Å². The van der Waals surface area contributed by atoms with Crippen molar-refractivity contribution < 1.29 is 13.9 Å². The van der Waals surface area contributed by atoms with Gasteiger partial charge in [-0.25, -0.2) is 4.39 Å². The minimum Gasteiger partial charge on any atom is -0.383 e. The predicted molar refractivity (Wildman–Crippen MR) is 74.6 cm³/mol. The first-order chi connectivity index (χ1) is 9.67. The zero-order valence-corrected chi connectivity index (χ0v) is 11.9. The highest BCUT2D eigenvalue weighted by Gasteiger charge is 2.36. The van der Waals surface area contributed by atoms with E-state index >= 15 is 0 Å². The van der Waals surface area contributed by atoms with Gasteiger partial charge >= 0.3 is 0 Å². The van der Waals surface area contributed by atoms with E-state index in [2.05, 4.69) is 12.2 Å². The number of nitrogens with zero attached hydrogens (tertiary/aromatic N) is 1. The third-order valence-corrected chi connectivity index (χ3v) is 3.55. The van der Waals surface area contributed by atoms with Crippen LogP contribution in [0.1, 0.15) is 31.5 Å². The van der Waals surface area contributed by atoms with Crippen LogP contribution in [0, 0.1) is 5.82 Å². The molecule has 0 aliphatic carbocycles. The standard InChI is InChI=1S/C15H21FN2O2/c1-3-5-13(10-20-2)18-14(19)9-17-15(18)11-6-4-7-12(16)8-11/h4,6-8,13,15,17H,3,5,9-10H2,1-2H3. The zero-order valence-electron chi connectivity index (χ0n) is 11.9. The van der Waals surface area contributed by atoms with Crippen LogP contribution in [0.15, 0.2) is 24.3 Å². The molecular weight excluding hydrogens is 259 g/mol. The Morgan fingerprint density at radius 1 is 1.55 bits per heavy atom. The summed E-state index contributed by atoms with van der Waals surface area (Å²) in [5.74, 6) is -0.253. The second kappa shape index (κ2) is 6.81. The molecule has 0 aromatic heterocycles. The van der Waals surface area contributed by atoms with E-state index in [0.717, 1.165) is 18.4 Å². The highest BCUT2D eigenvalue weighted by molar-refractivity contribution is 5.81. The van der Waals surface area contributed by atoms with Gasteiger partial charge in [0.25, 0.3) is 0 Å². The number of hydrogen-bond donors (Lipinski definition) is 1. The minimum absolute atomic E-state index is 0.0146. The lowest BCUT2D eigenvalue weighted by molar-refractivity contribution is -0.131. The third-order valence-electron chi connectivity index (χ3n) is 3.55. The Kier molecular flexibility index (Phi) is 5.09.